The highest BCUT2D eigenvalue weighted by atomic mass is 35.5. The van der Waals surface area contributed by atoms with Gasteiger partial charge in [-0.1, -0.05) is 54.1 Å². The van der Waals surface area contributed by atoms with E-state index in [-0.39, 0.29) is 30.2 Å². The van der Waals surface area contributed by atoms with Gasteiger partial charge in [0.1, 0.15) is 16.2 Å². The van der Waals surface area contributed by atoms with E-state index in [1.54, 1.807) is 29.2 Å². The molecule has 0 aliphatic carbocycles. The van der Waals surface area contributed by atoms with Crippen molar-refractivity contribution in [3.05, 3.63) is 65.2 Å². The fourth-order valence-electron chi connectivity index (χ4n) is 3.53. The Morgan fingerprint density at radius 2 is 1.90 bits per heavy atom. The van der Waals surface area contributed by atoms with Crippen LogP contribution in [-0.4, -0.2) is 56.3 Å². The van der Waals surface area contributed by atoms with Crippen LogP contribution >= 0.6 is 35.1 Å². The lowest BCUT2D eigenvalue weighted by molar-refractivity contribution is -0.152. The maximum absolute atomic E-state index is 12.7. The average molecular weight is 463 g/mol. The van der Waals surface area contributed by atoms with E-state index in [0.29, 0.717) is 15.7 Å². The van der Waals surface area contributed by atoms with Crippen LogP contribution < -0.4 is 5.32 Å². The van der Waals surface area contributed by atoms with Gasteiger partial charge in [-0.25, -0.2) is 0 Å². The molecule has 0 spiro atoms. The van der Waals surface area contributed by atoms with Gasteiger partial charge in [-0.2, -0.15) is 0 Å². The van der Waals surface area contributed by atoms with Crippen molar-refractivity contribution in [1.29, 1.82) is 0 Å². The lowest BCUT2D eigenvalue weighted by Gasteiger charge is -2.53. The molecule has 0 saturated carbocycles. The summed E-state index contributed by atoms with van der Waals surface area (Å²) in [4.78, 5) is 39.4. The third-order valence-electron chi connectivity index (χ3n) is 5.11. The summed E-state index contributed by atoms with van der Waals surface area (Å²) in [7, 11) is 0. The van der Waals surface area contributed by atoms with Crippen LogP contribution in [0.15, 0.2) is 59.5 Å². The monoisotopic (exact) mass is 462 g/mol. The van der Waals surface area contributed by atoms with E-state index < -0.39 is 16.8 Å². The molecule has 2 saturated heterocycles. The molecule has 2 heterocycles. The van der Waals surface area contributed by atoms with Gasteiger partial charge in [0.15, 0.2) is 0 Å². The summed E-state index contributed by atoms with van der Waals surface area (Å²) in [6.07, 6.45) is 0.198. The number of rotatable bonds is 6. The summed E-state index contributed by atoms with van der Waals surface area (Å²) >= 11 is 8.77. The second kappa shape index (κ2) is 8.53. The molecule has 2 aliphatic rings. The summed E-state index contributed by atoms with van der Waals surface area (Å²) < 4.78 is -1.19. The van der Waals surface area contributed by atoms with Gasteiger partial charge in [0.2, 0.25) is 11.8 Å². The number of carboxylic acids is 1. The number of carbonyl (C=O) groups is 3. The first-order valence-corrected chi connectivity index (χ1v) is 11.6. The van der Waals surface area contributed by atoms with Gasteiger partial charge in [-0.3, -0.25) is 14.4 Å². The number of thioether (sulfide) groups is 2. The second-order valence-corrected chi connectivity index (χ2v) is 10.1. The number of carboxylic acid groups (broad SMARTS) is 1. The highest BCUT2D eigenvalue weighted by molar-refractivity contribution is 8.05. The van der Waals surface area contributed by atoms with Crippen molar-refractivity contribution in [1.82, 2.24) is 10.2 Å². The summed E-state index contributed by atoms with van der Waals surface area (Å²) in [6.45, 7) is 0.0692. The van der Waals surface area contributed by atoms with Crippen molar-refractivity contribution in [2.45, 2.75) is 27.5 Å². The first kappa shape index (κ1) is 21.1. The third kappa shape index (κ3) is 4.04. The van der Waals surface area contributed by atoms with Crippen molar-refractivity contribution >= 4 is 52.9 Å². The minimum absolute atomic E-state index is 0.0692. The molecular weight excluding hydrogens is 444 g/mol. The molecule has 9 heteroatoms. The molecule has 3 atom stereocenters. The number of hydrogen-bond donors (Lipinski definition) is 2. The molecule has 2 aliphatic heterocycles. The van der Waals surface area contributed by atoms with Crippen LogP contribution in [0.4, 0.5) is 0 Å². The zero-order valence-electron chi connectivity index (χ0n) is 15.8. The zero-order valence-corrected chi connectivity index (χ0v) is 18.2. The van der Waals surface area contributed by atoms with Gasteiger partial charge in [-0.15, -0.1) is 23.5 Å². The van der Waals surface area contributed by atoms with E-state index in [4.69, 9.17) is 11.6 Å². The Kier molecular flexibility index (Phi) is 5.99. The van der Waals surface area contributed by atoms with Crippen LogP contribution in [0, 0.1) is 0 Å². The molecule has 0 bridgehead atoms. The molecule has 1 unspecified atom stereocenters. The van der Waals surface area contributed by atoms with Crippen molar-refractivity contribution in [3.8, 4) is 0 Å². The quantitative estimate of drug-likeness (QED) is 0.642. The average Bonchev–Trinajstić information content (AvgIpc) is 2.74. The van der Waals surface area contributed by atoms with Gasteiger partial charge in [0, 0.05) is 17.2 Å². The molecule has 0 radical (unpaired) electrons. The van der Waals surface area contributed by atoms with Crippen LogP contribution in [0.1, 0.15) is 5.56 Å². The van der Waals surface area contributed by atoms with Crippen molar-refractivity contribution in [2.24, 2.45) is 0 Å². The number of hydrogen-bond acceptors (Lipinski definition) is 5. The lowest BCUT2D eigenvalue weighted by atomic mass is 10.0. The molecule has 0 aromatic heterocycles. The molecule has 30 heavy (non-hydrogen) atoms. The molecule has 6 nitrogen and oxygen atoms in total. The van der Waals surface area contributed by atoms with Gasteiger partial charge >= 0.3 is 5.97 Å². The van der Waals surface area contributed by atoms with E-state index in [1.807, 2.05) is 30.3 Å². The number of nitrogens with zero attached hydrogens (tertiary/aromatic N) is 1. The van der Waals surface area contributed by atoms with Crippen LogP contribution in [0.5, 0.6) is 0 Å². The minimum Gasteiger partial charge on any atom is -0.480 e. The fourth-order valence-corrected chi connectivity index (χ4v) is 6.64. The Balaban J connectivity index is 1.42. The highest BCUT2D eigenvalue weighted by Gasteiger charge is 2.58. The van der Waals surface area contributed by atoms with Crippen molar-refractivity contribution in [3.63, 3.8) is 0 Å². The summed E-state index contributed by atoms with van der Waals surface area (Å²) in [5.74, 6) is -1.15. The van der Waals surface area contributed by atoms with E-state index in [2.05, 4.69) is 5.32 Å². The number of aliphatic carboxylic acids is 1. The van der Waals surface area contributed by atoms with Gasteiger partial charge in [0.05, 0.1) is 11.4 Å². The molecule has 2 fully saturated rings. The predicted molar refractivity (Wildman–Crippen MR) is 118 cm³/mol. The predicted octanol–water partition coefficient (Wildman–Crippen LogP) is 2.90. The number of carbonyl (C=O) groups excluding carboxylic acids is 2. The largest absolute Gasteiger partial charge is 0.480 e. The Morgan fingerprint density at radius 1 is 1.20 bits per heavy atom. The Labute approximate surface area is 187 Å². The van der Waals surface area contributed by atoms with Crippen LogP contribution in [-0.2, 0) is 20.8 Å². The third-order valence-corrected chi connectivity index (χ3v) is 8.68. The molecule has 2 amide bonds. The van der Waals surface area contributed by atoms with E-state index in [0.717, 1.165) is 5.56 Å². The Morgan fingerprint density at radius 3 is 2.60 bits per heavy atom. The summed E-state index contributed by atoms with van der Waals surface area (Å²) in [5, 5.41) is 13.0. The van der Waals surface area contributed by atoms with Crippen LogP contribution in [0.2, 0.25) is 5.02 Å². The van der Waals surface area contributed by atoms with E-state index >= 15 is 0 Å². The molecule has 2 aromatic carbocycles. The minimum atomic E-state index is -1.19. The van der Waals surface area contributed by atoms with E-state index in [9.17, 15) is 19.5 Å². The van der Waals surface area contributed by atoms with Gasteiger partial charge in [-0.05, 0) is 17.7 Å². The summed E-state index contributed by atoms with van der Waals surface area (Å²) in [6, 6.07) is 15.8. The SMILES string of the molecule is O=C(Cc1ccccc1)N[C@@H]1C(=O)N2CC(Sc3ccccc3Cl)(C(=O)O)CS[C@H]12. The number of halogens is 1. The number of β-lactam (4-membered cyclic amide) rings is 1. The number of benzene rings is 2. The standard InChI is InChI=1S/C21H19ClN2O4S2/c22-14-8-4-5-9-15(14)30-21(20(27)28)11-24-18(26)17(19(24)29-12-21)23-16(25)10-13-6-2-1-3-7-13/h1-9,17,19H,10-12H2,(H,23,25)(H,27,28)/t17-,19-,21?/m1/s1. The second-order valence-electron chi connectivity index (χ2n) is 7.21. The maximum Gasteiger partial charge on any atom is 0.322 e. The number of fused-ring (bicyclic) bond motifs is 1. The smallest absolute Gasteiger partial charge is 0.322 e. The van der Waals surface area contributed by atoms with Crippen molar-refractivity contribution < 1.29 is 19.5 Å². The highest BCUT2D eigenvalue weighted by Crippen LogP contribution is 2.47. The van der Waals surface area contributed by atoms with Gasteiger partial charge < -0.3 is 15.3 Å². The Bertz CT molecular complexity index is 990. The number of amides is 2. The molecule has 156 valence electrons. The zero-order chi connectivity index (χ0) is 21.3. The molecule has 4 rings (SSSR count). The topological polar surface area (TPSA) is 86.7 Å². The van der Waals surface area contributed by atoms with E-state index in [1.165, 1.54) is 23.5 Å². The normalized spacial score (nSPS) is 25.2. The molecular formula is C21H19ClN2O4S2. The van der Waals surface area contributed by atoms with Gasteiger partial charge in [0.25, 0.3) is 0 Å². The van der Waals surface area contributed by atoms with Crippen molar-refractivity contribution in [2.75, 3.05) is 12.3 Å². The van der Waals surface area contributed by atoms with Crippen LogP contribution in [0.3, 0.4) is 0 Å². The van der Waals surface area contributed by atoms with Crippen LogP contribution in [0.25, 0.3) is 0 Å². The fraction of sp³-hybridized carbons (Fsp3) is 0.286. The lowest BCUT2D eigenvalue weighted by Crippen LogP contribution is -2.74. The molecule has 2 aromatic rings. The maximum atomic E-state index is 12.7. The molecule has 2 N–H and O–H groups in total. The first-order chi connectivity index (χ1) is 14.4. The number of nitrogens with one attached hydrogen (secondary N) is 1. The first-order valence-electron chi connectivity index (χ1n) is 9.32. The Hall–Kier alpha value is -2.16. The summed E-state index contributed by atoms with van der Waals surface area (Å²) in [5.41, 5.74) is 0.871.